The van der Waals surface area contributed by atoms with Gasteiger partial charge in [-0.2, -0.15) is 5.10 Å². The summed E-state index contributed by atoms with van der Waals surface area (Å²) in [4.78, 5) is 0. The van der Waals surface area contributed by atoms with Crippen LogP contribution in [0.25, 0.3) is 0 Å². The maximum atomic E-state index is 9.63. The number of rotatable bonds is 5. The van der Waals surface area contributed by atoms with Gasteiger partial charge in [-0.05, 0) is 18.9 Å². The van der Waals surface area contributed by atoms with Crippen molar-refractivity contribution >= 4 is 0 Å². The van der Waals surface area contributed by atoms with Crippen LogP contribution in [0.4, 0.5) is 0 Å². The molecule has 0 amide bonds. The third-order valence-corrected chi connectivity index (χ3v) is 2.82. The average molecular weight is 226 g/mol. The van der Waals surface area contributed by atoms with Crippen molar-refractivity contribution in [3.63, 3.8) is 0 Å². The van der Waals surface area contributed by atoms with E-state index in [-0.39, 0.29) is 12.7 Å². The highest BCUT2D eigenvalue weighted by Gasteiger charge is 2.17. The molecule has 2 heterocycles. The van der Waals surface area contributed by atoms with Crippen LogP contribution in [0.1, 0.15) is 31.1 Å². The molecule has 1 aromatic rings. The van der Waals surface area contributed by atoms with Crippen LogP contribution < -0.4 is 0 Å². The van der Waals surface area contributed by atoms with Gasteiger partial charge in [-0.3, -0.25) is 4.68 Å². The normalized spacial score (nSPS) is 22.5. The lowest BCUT2D eigenvalue weighted by Crippen LogP contribution is -2.15. The first-order chi connectivity index (χ1) is 7.79. The molecular weight excluding hydrogens is 208 g/mol. The van der Waals surface area contributed by atoms with Crippen molar-refractivity contribution in [2.75, 3.05) is 13.2 Å². The highest BCUT2D eigenvalue weighted by molar-refractivity contribution is 5.02. The Morgan fingerprint density at radius 3 is 3.19 bits per heavy atom. The van der Waals surface area contributed by atoms with E-state index in [1.165, 1.54) is 0 Å². The molecule has 1 saturated heterocycles. The Labute approximate surface area is 94.7 Å². The molecule has 16 heavy (non-hydrogen) atoms. The van der Waals surface area contributed by atoms with E-state index in [4.69, 9.17) is 9.84 Å². The minimum absolute atomic E-state index is 0.0280. The van der Waals surface area contributed by atoms with E-state index in [1.54, 1.807) is 10.7 Å². The van der Waals surface area contributed by atoms with Crippen LogP contribution in [-0.4, -0.2) is 39.3 Å². The Kier molecular flexibility index (Phi) is 3.93. The van der Waals surface area contributed by atoms with E-state index in [2.05, 4.69) is 5.10 Å². The van der Waals surface area contributed by atoms with Gasteiger partial charge in [0.1, 0.15) is 0 Å². The molecule has 0 radical (unpaired) electrons. The summed E-state index contributed by atoms with van der Waals surface area (Å²) in [5.74, 6) is 0. The zero-order chi connectivity index (χ0) is 11.4. The zero-order valence-corrected chi connectivity index (χ0v) is 9.25. The predicted molar refractivity (Wildman–Crippen MR) is 57.9 cm³/mol. The van der Waals surface area contributed by atoms with Crippen LogP contribution in [0.5, 0.6) is 0 Å². The molecule has 1 aliphatic rings. The lowest BCUT2D eigenvalue weighted by Gasteiger charge is -2.09. The second-order valence-electron chi connectivity index (χ2n) is 4.13. The van der Waals surface area contributed by atoms with Crippen molar-refractivity contribution in [3.05, 3.63) is 18.0 Å². The first-order valence-corrected chi connectivity index (χ1v) is 5.73. The Bertz CT molecular complexity index is 321. The van der Waals surface area contributed by atoms with E-state index in [1.807, 2.05) is 6.20 Å². The summed E-state index contributed by atoms with van der Waals surface area (Å²) in [6.45, 7) is 1.55. The zero-order valence-electron chi connectivity index (χ0n) is 9.25. The molecule has 2 N–H and O–H groups in total. The Morgan fingerprint density at radius 1 is 1.62 bits per heavy atom. The SMILES string of the molecule is OCC[C@H](O)c1ccn(C[C@@H]2CCCO2)n1. The maximum Gasteiger partial charge on any atom is 0.1000 e. The summed E-state index contributed by atoms with van der Waals surface area (Å²) < 4.78 is 7.31. The van der Waals surface area contributed by atoms with Crippen LogP contribution >= 0.6 is 0 Å². The molecule has 90 valence electrons. The third-order valence-electron chi connectivity index (χ3n) is 2.82. The topological polar surface area (TPSA) is 67.5 Å². The van der Waals surface area contributed by atoms with Crippen molar-refractivity contribution in [2.45, 2.75) is 38.0 Å². The molecule has 0 aliphatic carbocycles. The number of aliphatic hydroxyl groups excluding tert-OH is 2. The molecule has 1 aromatic heterocycles. The van der Waals surface area contributed by atoms with Gasteiger partial charge >= 0.3 is 0 Å². The molecule has 0 unspecified atom stereocenters. The molecule has 1 fully saturated rings. The van der Waals surface area contributed by atoms with E-state index in [0.717, 1.165) is 26.0 Å². The minimum atomic E-state index is -0.671. The summed E-state index contributed by atoms with van der Waals surface area (Å²) in [6, 6.07) is 1.79. The van der Waals surface area contributed by atoms with Crippen LogP contribution in [-0.2, 0) is 11.3 Å². The van der Waals surface area contributed by atoms with Gasteiger partial charge in [0, 0.05) is 25.8 Å². The molecule has 0 spiro atoms. The van der Waals surface area contributed by atoms with Crippen LogP contribution in [0, 0.1) is 0 Å². The average Bonchev–Trinajstić information content (AvgIpc) is 2.90. The Balaban J connectivity index is 1.90. The number of hydrogen-bond donors (Lipinski definition) is 2. The molecule has 5 heteroatoms. The Hall–Kier alpha value is -0.910. The molecule has 2 atom stereocenters. The molecule has 5 nitrogen and oxygen atoms in total. The number of nitrogens with zero attached hydrogens (tertiary/aromatic N) is 2. The van der Waals surface area contributed by atoms with Gasteiger partial charge < -0.3 is 14.9 Å². The molecule has 1 aliphatic heterocycles. The van der Waals surface area contributed by atoms with E-state index >= 15 is 0 Å². The summed E-state index contributed by atoms with van der Waals surface area (Å²) in [6.07, 6.45) is 3.95. The third kappa shape index (κ3) is 2.81. The number of aliphatic hydroxyl groups is 2. The number of ether oxygens (including phenoxy) is 1. The smallest absolute Gasteiger partial charge is 0.1000 e. The number of hydrogen-bond acceptors (Lipinski definition) is 4. The molecular formula is C11H18N2O3. The summed E-state index contributed by atoms with van der Waals surface area (Å²) in [7, 11) is 0. The fourth-order valence-corrected chi connectivity index (χ4v) is 1.92. The van der Waals surface area contributed by atoms with Gasteiger partial charge in [0.2, 0.25) is 0 Å². The summed E-state index contributed by atoms with van der Waals surface area (Å²) in [5, 5.41) is 22.6. The molecule has 0 aromatic carbocycles. The van der Waals surface area contributed by atoms with Crippen molar-refractivity contribution in [3.8, 4) is 0 Å². The standard InChI is InChI=1S/C11H18N2O3/c14-6-4-11(15)10-3-5-13(12-10)8-9-2-1-7-16-9/h3,5,9,11,14-15H,1-2,4,6-8H2/t9-,11-/m0/s1. The van der Waals surface area contributed by atoms with Crippen molar-refractivity contribution in [1.29, 1.82) is 0 Å². The quantitative estimate of drug-likeness (QED) is 0.766. The van der Waals surface area contributed by atoms with Gasteiger partial charge in [0.25, 0.3) is 0 Å². The van der Waals surface area contributed by atoms with Gasteiger partial charge in [-0.15, -0.1) is 0 Å². The number of aromatic nitrogens is 2. The lowest BCUT2D eigenvalue weighted by atomic mass is 10.2. The Morgan fingerprint density at radius 2 is 2.50 bits per heavy atom. The molecule has 2 rings (SSSR count). The molecule has 0 saturated carbocycles. The highest BCUT2D eigenvalue weighted by atomic mass is 16.5. The van der Waals surface area contributed by atoms with Crippen LogP contribution in [0.15, 0.2) is 12.3 Å². The van der Waals surface area contributed by atoms with Gasteiger partial charge in [0.05, 0.1) is 24.4 Å². The van der Waals surface area contributed by atoms with Crippen molar-refractivity contribution < 1.29 is 14.9 Å². The van der Waals surface area contributed by atoms with Crippen molar-refractivity contribution in [1.82, 2.24) is 9.78 Å². The predicted octanol–water partition coefficient (Wildman–Crippen LogP) is 0.478. The van der Waals surface area contributed by atoms with Gasteiger partial charge in [-0.25, -0.2) is 0 Å². The van der Waals surface area contributed by atoms with E-state index in [0.29, 0.717) is 12.1 Å². The van der Waals surface area contributed by atoms with Crippen LogP contribution in [0.2, 0.25) is 0 Å². The monoisotopic (exact) mass is 226 g/mol. The van der Waals surface area contributed by atoms with E-state index < -0.39 is 6.10 Å². The van der Waals surface area contributed by atoms with Crippen molar-refractivity contribution in [2.24, 2.45) is 0 Å². The van der Waals surface area contributed by atoms with E-state index in [9.17, 15) is 5.11 Å². The first-order valence-electron chi connectivity index (χ1n) is 5.73. The maximum absolute atomic E-state index is 9.63. The summed E-state index contributed by atoms with van der Waals surface area (Å²) in [5.41, 5.74) is 0.618. The minimum Gasteiger partial charge on any atom is -0.396 e. The lowest BCUT2D eigenvalue weighted by molar-refractivity contribution is 0.0926. The summed E-state index contributed by atoms with van der Waals surface area (Å²) >= 11 is 0. The largest absolute Gasteiger partial charge is 0.396 e. The second kappa shape index (κ2) is 5.43. The fraction of sp³-hybridized carbons (Fsp3) is 0.727. The fourth-order valence-electron chi connectivity index (χ4n) is 1.92. The molecule has 0 bridgehead atoms. The van der Waals surface area contributed by atoms with Gasteiger partial charge in [0.15, 0.2) is 0 Å². The second-order valence-corrected chi connectivity index (χ2v) is 4.13. The van der Waals surface area contributed by atoms with Crippen LogP contribution in [0.3, 0.4) is 0 Å². The van der Waals surface area contributed by atoms with Gasteiger partial charge in [-0.1, -0.05) is 0 Å². The highest BCUT2D eigenvalue weighted by Crippen LogP contribution is 2.16. The first kappa shape index (κ1) is 11.6.